The Hall–Kier alpha value is -1.82. The number of aryl methyl sites for hydroxylation is 1. The smallest absolute Gasteiger partial charge is 0.268 e. The van der Waals surface area contributed by atoms with Crippen molar-refractivity contribution in [2.24, 2.45) is 18.7 Å². The standard InChI is InChI=1S/C15H25N3O3/c1-10(2)5-6-15(3,21)9-17-14(20)12-7-11(13(16)19)8-18(12)4/h7-8,10,21H,5-6,9H2,1-4H3,(H2,16,19)(H,17,20). The molecule has 1 aromatic rings. The fourth-order valence-corrected chi connectivity index (χ4v) is 1.97. The molecule has 0 bridgehead atoms. The van der Waals surface area contributed by atoms with Crippen molar-refractivity contribution in [1.82, 2.24) is 9.88 Å². The molecule has 1 rings (SSSR count). The van der Waals surface area contributed by atoms with Crippen molar-refractivity contribution in [3.63, 3.8) is 0 Å². The topological polar surface area (TPSA) is 97.3 Å². The molecule has 6 nitrogen and oxygen atoms in total. The zero-order chi connectivity index (χ0) is 16.2. The van der Waals surface area contributed by atoms with Crippen molar-refractivity contribution in [2.45, 2.75) is 39.2 Å². The minimum Gasteiger partial charge on any atom is -0.388 e. The summed E-state index contributed by atoms with van der Waals surface area (Å²) in [6, 6.07) is 1.44. The zero-order valence-electron chi connectivity index (χ0n) is 13.1. The highest BCUT2D eigenvalue weighted by atomic mass is 16.3. The average molecular weight is 295 g/mol. The van der Waals surface area contributed by atoms with Gasteiger partial charge in [-0.25, -0.2) is 0 Å². The number of aromatic nitrogens is 1. The summed E-state index contributed by atoms with van der Waals surface area (Å²) in [5.41, 5.74) is 4.86. The lowest BCUT2D eigenvalue weighted by molar-refractivity contribution is 0.0427. The first kappa shape index (κ1) is 17.2. The maximum atomic E-state index is 12.1. The molecule has 1 unspecified atom stereocenters. The fraction of sp³-hybridized carbons (Fsp3) is 0.600. The van der Waals surface area contributed by atoms with Crippen molar-refractivity contribution >= 4 is 11.8 Å². The number of carbonyl (C=O) groups is 2. The molecule has 0 aliphatic rings. The summed E-state index contributed by atoms with van der Waals surface area (Å²) >= 11 is 0. The van der Waals surface area contributed by atoms with Gasteiger partial charge in [0.25, 0.3) is 5.91 Å². The highest BCUT2D eigenvalue weighted by molar-refractivity contribution is 5.98. The average Bonchev–Trinajstić information content (AvgIpc) is 2.76. The van der Waals surface area contributed by atoms with E-state index >= 15 is 0 Å². The van der Waals surface area contributed by atoms with E-state index in [1.165, 1.54) is 16.8 Å². The summed E-state index contributed by atoms with van der Waals surface area (Å²) in [6.45, 7) is 6.04. The van der Waals surface area contributed by atoms with Crippen molar-refractivity contribution in [3.8, 4) is 0 Å². The van der Waals surface area contributed by atoms with Gasteiger partial charge < -0.3 is 20.7 Å². The predicted octanol–water partition coefficient (Wildman–Crippen LogP) is 1.04. The Morgan fingerprint density at radius 2 is 2.10 bits per heavy atom. The van der Waals surface area contributed by atoms with Crippen LogP contribution in [0, 0.1) is 5.92 Å². The van der Waals surface area contributed by atoms with Gasteiger partial charge in [-0.3, -0.25) is 9.59 Å². The van der Waals surface area contributed by atoms with E-state index in [-0.39, 0.29) is 18.0 Å². The first-order valence-electron chi connectivity index (χ1n) is 7.09. The third-order valence-corrected chi connectivity index (χ3v) is 3.41. The first-order chi connectivity index (χ1) is 9.62. The molecule has 0 spiro atoms. The Morgan fingerprint density at radius 1 is 1.48 bits per heavy atom. The Labute approximate surface area is 125 Å². The third kappa shape index (κ3) is 5.23. The summed E-state index contributed by atoms with van der Waals surface area (Å²) < 4.78 is 1.54. The molecule has 1 aromatic heterocycles. The van der Waals surface area contributed by atoms with Gasteiger partial charge in [0, 0.05) is 19.8 Å². The van der Waals surface area contributed by atoms with E-state index in [0.29, 0.717) is 18.0 Å². The monoisotopic (exact) mass is 295 g/mol. The van der Waals surface area contributed by atoms with Crippen LogP contribution in [0.2, 0.25) is 0 Å². The molecule has 2 amide bonds. The van der Waals surface area contributed by atoms with Crippen molar-refractivity contribution in [2.75, 3.05) is 6.54 Å². The maximum absolute atomic E-state index is 12.1. The maximum Gasteiger partial charge on any atom is 0.268 e. The number of aliphatic hydroxyl groups is 1. The molecule has 0 aromatic carbocycles. The molecule has 0 saturated carbocycles. The molecule has 118 valence electrons. The fourth-order valence-electron chi connectivity index (χ4n) is 1.97. The number of carbonyl (C=O) groups excluding carboxylic acids is 2. The molecule has 1 atom stereocenters. The van der Waals surface area contributed by atoms with Gasteiger partial charge in [0.15, 0.2) is 0 Å². The van der Waals surface area contributed by atoms with E-state index in [1.54, 1.807) is 14.0 Å². The Kier molecular flexibility index (Phi) is 5.54. The van der Waals surface area contributed by atoms with E-state index in [9.17, 15) is 14.7 Å². The number of hydrogen-bond donors (Lipinski definition) is 3. The molecule has 0 radical (unpaired) electrons. The van der Waals surface area contributed by atoms with Crippen LogP contribution >= 0.6 is 0 Å². The number of nitrogens with one attached hydrogen (secondary N) is 1. The van der Waals surface area contributed by atoms with E-state index < -0.39 is 11.5 Å². The number of nitrogens with zero attached hydrogens (tertiary/aromatic N) is 1. The van der Waals surface area contributed by atoms with Crippen molar-refractivity contribution in [3.05, 3.63) is 23.5 Å². The molecular weight excluding hydrogens is 270 g/mol. The summed E-state index contributed by atoms with van der Waals surface area (Å²) in [6.07, 6.45) is 3.01. The van der Waals surface area contributed by atoms with Gasteiger partial charge in [0.2, 0.25) is 5.91 Å². The normalized spacial score (nSPS) is 14.0. The number of nitrogens with two attached hydrogens (primary N) is 1. The molecule has 0 saturated heterocycles. The van der Waals surface area contributed by atoms with Crippen LogP contribution in [-0.4, -0.2) is 33.6 Å². The van der Waals surface area contributed by atoms with E-state index in [0.717, 1.165) is 6.42 Å². The van der Waals surface area contributed by atoms with E-state index in [4.69, 9.17) is 5.73 Å². The van der Waals surface area contributed by atoms with Gasteiger partial charge in [-0.05, 0) is 31.7 Å². The molecule has 21 heavy (non-hydrogen) atoms. The Bertz CT molecular complexity index is 518. The number of primary amides is 1. The Morgan fingerprint density at radius 3 is 2.57 bits per heavy atom. The highest BCUT2D eigenvalue weighted by Crippen LogP contribution is 2.16. The molecule has 0 fully saturated rings. The minimum atomic E-state index is -0.947. The summed E-state index contributed by atoms with van der Waals surface area (Å²) in [4.78, 5) is 23.2. The Balaban J connectivity index is 2.63. The first-order valence-corrected chi connectivity index (χ1v) is 7.09. The van der Waals surface area contributed by atoms with Gasteiger partial charge in [0.05, 0.1) is 11.2 Å². The molecule has 0 aliphatic heterocycles. The minimum absolute atomic E-state index is 0.162. The zero-order valence-corrected chi connectivity index (χ0v) is 13.1. The number of hydrogen-bond acceptors (Lipinski definition) is 3. The van der Waals surface area contributed by atoms with E-state index in [1.807, 2.05) is 0 Å². The largest absolute Gasteiger partial charge is 0.388 e. The van der Waals surface area contributed by atoms with Crippen LogP contribution in [0.25, 0.3) is 0 Å². The van der Waals surface area contributed by atoms with Crippen LogP contribution in [0.4, 0.5) is 0 Å². The van der Waals surface area contributed by atoms with Crippen LogP contribution in [0.5, 0.6) is 0 Å². The van der Waals surface area contributed by atoms with Gasteiger partial charge in [-0.15, -0.1) is 0 Å². The predicted molar refractivity (Wildman–Crippen MR) is 81.0 cm³/mol. The summed E-state index contributed by atoms with van der Waals surface area (Å²) in [5, 5.41) is 12.9. The van der Waals surface area contributed by atoms with Crippen LogP contribution < -0.4 is 11.1 Å². The second kappa shape index (κ2) is 6.76. The van der Waals surface area contributed by atoms with Crippen LogP contribution in [0.3, 0.4) is 0 Å². The third-order valence-electron chi connectivity index (χ3n) is 3.41. The van der Waals surface area contributed by atoms with E-state index in [2.05, 4.69) is 19.2 Å². The second-order valence-electron chi connectivity index (χ2n) is 6.20. The quantitative estimate of drug-likeness (QED) is 0.701. The number of rotatable bonds is 7. The van der Waals surface area contributed by atoms with Crippen molar-refractivity contribution < 1.29 is 14.7 Å². The van der Waals surface area contributed by atoms with Gasteiger partial charge in [-0.2, -0.15) is 0 Å². The molecular formula is C15H25N3O3. The van der Waals surface area contributed by atoms with Crippen LogP contribution in [0.15, 0.2) is 12.3 Å². The summed E-state index contributed by atoms with van der Waals surface area (Å²) in [7, 11) is 1.66. The van der Waals surface area contributed by atoms with Crippen LogP contribution in [0.1, 0.15) is 54.5 Å². The van der Waals surface area contributed by atoms with Crippen molar-refractivity contribution in [1.29, 1.82) is 0 Å². The second-order valence-corrected chi connectivity index (χ2v) is 6.20. The highest BCUT2D eigenvalue weighted by Gasteiger charge is 2.22. The number of amides is 2. The molecule has 4 N–H and O–H groups in total. The van der Waals surface area contributed by atoms with Gasteiger partial charge in [-0.1, -0.05) is 13.8 Å². The van der Waals surface area contributed by atoms with Gasteiger partial charge in [0.1, 0.15) is 5.69 Å². The van der Waals surface area contributed by atoms with Gasteiger partial charge >= 0.3 is 0 Å². The molecule has 1 heterocycles. The SMILES string of the molecule is CC(C)CCC(C)(O)CNC(=O)c1cc(C(N)=O)cn1C. The lowest BCUT2D eigenvalue weighted by Crippen LogP contribution is -2.41. The molecule has 0 aliphatic carbocycles. The summed E-state index contributed by atoms with van der Waals surface area (Å²) in [5.74, 6) is -0.415. The lowest BCUT2D eigenvalue weighted by Gasteiger charge is -2.24. The van der Waals surface area contributed by atoms with Crippen LogP contribution in [-0.2, 0) is 7.05 Å². The lowest BCUT2D eigenvalue weighted by atomic mass is 9.95. The molecule has 6 heteroatoms.